The number of aromatic nitrogens is 2. The Labute approximate surface area is 121 Å². The minimum Gasteiger partial charge on any atom is -0.347 e. The Morgan fingerprint density at radius 1 is 1.50 bits per heavy atom. The number of aryl methyl sites for hydroxylation is 2. The Bertz CT molecular complexity index is 639. The maximum absolute atomic E-state index is 13.1. The fourth-order valence-electron chi connectivity index (χ4n) is 1.92. The van der Waals surface area contributed by atoms with E-state index in [4.69, 9.17) is 11.6 Å². The smallest absolute Gasteiger partial charge is 0.271 e. The van der Waals surface area contributed by atoms with Crippen molar-refractivity contribution in [2.24, 2.45) is 0 Å². The van der Waals surface area contributed by atoms with Gasteiger partial charge >= 0.3 is 0 Å². The van der Waals surface area contributed by atoms with E-state index in [9.17, 15) is 9.18 Å². The minimum absolute atomic E-state index is 0.237. The van der Waals surface area contributed by atoms with Crippen LogP contribution in [0.25, 0.3) is 0 Å². The second kappa shape index (κ2) is 6.05. The fraction of sp³-hybridized carbons (Fsp3) is 0.286. The lowest BCUT2D eigenvalue weighted by Gasteiger charge is -2.07. The van der Waals surface area contributed by atoms with E-state index in [1.54, 1.807) is 23.7 Å². The first-order valence-corrected chi connectivity index (χ1v) is 6.66. The van der Waals surface area contributed by atoms with Crippen LogP contribution in [0.1, 0.15) is 28.7 Å². The number of carbonyl (C=O) groups is 1. The van der Waals surface area contributed by atoms with Crippen LogP contribution in [-0.4, -0.2) is 15.7 Å². The monoisotopic (exact) mass is 295 g/mol. The average molecular weight is 296 g/mol. The number of rotatable bonds is 4. The zero-order valence-corrected chi connectivity index (χ0v) is 12.0. The van der Waals surface area contributed by atoms with E-state index >= 15 is 0 Å². The first-order valence-electron chi connectivity index (χ1n) is 6.28. The third-order valence-corrected chi connectivity index (χ3v) is 3.36. The lowest BCUT2D eigenvalue weighted by molar-refractivity contribution is 0.0940. The van der Waals surface area contributed by atoms with Crippen molar-refractivity contribution >= 4 is 17.5 Å². The number of nitrogens with one attached hydrogen (secondary N) is 1. The molecule has 1 N–H and O–H groups in total. The third-order valence-electron chi connectivity index (χ3n) is 2.91. The Morgan fingerprint density at radius 2 is 2.25 bits per heavy atom. The summed E-state index contributed by atoms with van der Waals surface area (Å²) in [4.78, 5) is 12.2. The molecule has 1 amide bonds. The highest BCUT2D eigenvalue weighted by Crippen LogP contribution is 2.20. The van der Waals surface area contributed by atoms with E-state index in [-0.39, 0.29) is 18.3 Å². The van der Waals surface area contributed by atoms with Crippen LogP contribution < -0.4 is 5.32 Å². The molecule has 0 fully saturated rings. The van der Waals surface area contributed by atoms with Gasteiger partial charge in [-0.25, -0.2) is 4.39 Å². The van der Waals surface area contributed by atoms with Gasteiger partial charge in [-0.15, -0.1) is 0 Å². The van der Waals surface area contributed by atoms with E-state index in [2.05, 4.69) is 10.4 Å². The second-order valence-corrected chi connectivity index (χ2v) is 4.75. The molecule has 2 rings (SSSR count). The summed E-state index contributed by atoms with van der Waals surface area (Å²) in [5.41, 5.74) is 1.64. The summed E-state index contributed by atoms with van der Waals surface area (Å²) >= 11 is 6.09. The molecule has 0 saturated carbocycles. The maximum Gasteiger partial charge on any atom is 0.271 e. The molecule has 0 radical (unpaired) electrons. The highest BCUT2D eigenvalue weighted by Gasteiger charge is 2.19. The molecule has 0 spiro atoms. The number of nitrogens with zero attached hydrogens (tertiary/aromatic N) is 2. The minimum atomic E-state index is -0.329. The highest BCUT2D eigenvalue weighted by molar-refractivity contribution is 6.34. The maximum atomic E-state index is 13.1. The summed E-state index contributed by atoms with van der Waals surface area (Å²) in [6, 6.07) is 6.08. The van der Waals surface area contributed by atoms with Crippen molar-refractivity contribution in [3.05, 3.63) is 52.1 Å². The molecule has 4 nitrogen and oxygen atoms in total. The summed E-state index contributed by atoms with van der Waals surface area (Å²) in [5, 5.41) is 7.25. The topological polar surface area (TPSA) is 46.9 Å². The second-order valence-electron chi connectivity index (χ2n) is 4.38. The summed E-state index contributed by atoms with van der Waals surface area (Å²) in [7, 11) is 0. The highest BCUT2D eigenvalue weighted by atomic mass is 35.5. The predicted octanol–water partition coefficient (Wildman–Crippen LogP) is 2.93. The zero-order chi connectivity index (χ0) is 14.7. The zero-order valence-electron chi connectivity index (χ0n) is 11.3. The predicted molar refractivity (Wildman–Crippen MR) is 75.2 cm³/mol. The van der Waals surface area contributed by atoms with E-state index in [0.29, 0.717) is 28.5 Å². The molecule has 0 aliphatic rings. The molecular formula is C14H15ClFN3O. The van der Waals surface area contributed by atoms with Crippen molar-refractivity contribution in [1.82, 2.24) is 15.1 Å². The quantitative estimate of drug-likeness (QED) is 0.943. The first-order chi connectivity index (χ1) is 9.52. The van der Waals surface area contributed by atoms with Gasteiger partial charge in [0, 0.05) is 13.1 Å². The SMILES string of the molecule is CCn1nc(C)c(Cl)c1C(=O)NCc1cccc(F)c1. The molecule has 0 bridgehead atoms. The van der Waals surface area contributed by atoms with Gasteiger partial charge in [-0.05, 0) is 31.5 Å². The molecule has 20 heavy (non-hydrogen) atoms. The van der Waals surface area contributed by atoms with Crippen LogP contribution in [0.15, 0.2) is 24.3 Å². The van der Waals surface area contributed by atoms with Crippen LogP contribution in [0, 0.1) is 12.7 Å². The molecule has 0 saturated heterocycles. The fourth-order valence-corrected chi connectivity index (χ4v) is 2.14. The Balaban J connectivity index is 2.13. The van der Waals surface area contributed by atoms with Crippen LogP contribution in [0.4, 0.5) is 4.39 Å². The molecule has 1 heterocycles. The summed E-state index contributed by atoms with van der Waals surface area (Å²) in [6.07, 6.45) is 0. The standard InChI is InChI=1S/C14H15ClFN3O/c1-3-19-13(12(15)9(2)18-19)14(20)17-8-10-5-4-6-11(16)7-10/h4-7H,3,8H2,1-2H3,(H,17,20). The van der Waals surface area contributed by atoms with Gasteiger partial charge in [0.05, 0.1) is 10.7 Å². The van der Waals surface area contributed by atoms with Gasteiger partial charge < -0.3 is 5.32 Å². The number of hydrogen-bond acceptors (Lipinski definition) is 2. The van der Waals surface area contributed by atoms with Gasteiger partial charge in [-0.3, -0.25) is 9.48 Å². The molecule has 0 unspecified atom stereocenters. The third kappa shape index (κ3) is 2.99. The van der Waals surface area contributed by atoms with Gasteiger partial charge in [-0.2, -0.15) is 5.10 Å². The number of hydrogen-bond donors (Lipinski definition) is 1. The Morgan fingerprint density at radius 3 is 2.90 bits per heavy atom. The Kier molecular flexibility index (Phi) is 4.39. The number of halogens is 2. The summed E-state index contributed by atoms with van der Waals surface area (Å²) in [5.74, 6) is -0.647. The first kappa shape index (κ1) is 14.5. The molecule has 0 aliphatic heterocycles. The van der Waals surface area contributed by atoms with Crippen LogP contribution >= 0.6 is 11.6 Å². The van der Waals surface area contributed by atoms with Gasteiger partial charge in [-0.1, -0.05) is 23.7 Å². The van der Waals surface area contributed by atoms with Gasteiger partial charge in [0.25, 0.3) is 5.91 Å². The molecular weight excluding hydrogens is 281 g/mol. The summed E-state index contributed by atoms with van der Waals surface area (Å²) < 4.78 is 14.6. The van der Waals surface area contributed by atoms with Gasteiger partial charge in [0.2, 0.25) is 0 Å². The number of benzene rings is 1. The molecule has 0 aliphatic carbocycles. The lowest BCUT2D eigenvalue weighted by atomic mass is 10.2. The van der Waals surface area contributed by atoms with Crippen molar-refractivity contribution in [3.63, 3.8) is 0 Å². The average Bonchev–Trinajstić information content (AvgIpc) is 2.72. The van der Waals surface area contributed by atoms with Crippen LogP contribution in [0.2, 0.25) is 5.02 Å². The van der Waals surface area contributed by atoms with Crippen LogP contribution in [0.5, 0.6) is 0 Å². The molecule has 0 atom stereocenters. The molecule has 1 aromatic heterocycles. The van der Waals surface area contributed by atoms with E-state index in [1.807, 2.05) is 6.92 Å². The molecule has 6 heteroatoms. The molecule has 2 aromatic rings. The molecule has 106 valence electrons. The van der Waals surface area contributed by atoms with Crippen LogP contribution in [0.3, 0.4) is 0 Å². The number of carbonyl (C=O) groups excluding carboxylic acids is 1. The number of amides is 1. The lowest BCUT2D eigenvalue weighted by Crippen LogP contribution is -2.26. The van der Waals surface area contributed by atoms with Crippen molar-refractivity contribution in [1.29, 1.82) is 0 Å². The van der Waals surface area contributed by atoms with Crippen LogP contribution in [-0.2, 0) is 13.1 Å². The van der Waals surface area contributed by atoms with E-state index < -0.39 is 0 Å². The normalized spacial score (nSPS) is 10.6. The van der Waals surface area contributed by atoms with E-state index in [1.165, 1.54) is 12.1 Å². The van der Waals surface area contributed by atoms with Gasteiger partial charge in [0.1, 0.15) is 11.5 Å². The van der Waals surface area contributed by atoms with Crippen molar-refractivity contribution in [3.8, 4) is 0 Å². The Hall–Kier alpha value is -1.88. The summed E-state index contributed by atoms with van der Waals surface area (Å²) in [6.45, 7) is 4.42. The van der Waals surface area contributed by atoms with Crippen molar-refractivity contribution in [2.45, 2.75) is 26.9 Å². The molecule has 1 aromatic carbocycles. The van der Waals surface area contributed by atoms with Gasteiger partial charge in [0.15, 0.2) is 0 Å². The van der Waals surface area contributed by atoms with E-state index in [0.717, 1.165) is 0 Å². The largest absolute Gasteiger partial charge is 0.347 e. The van der Waals surface area contributed by atoms with Crippen molar-refractivity contribution < 1.29 is 9.18 Å². The van der Waals surface area contributed by atoms with Crippen molar-refractivity contribution in [2.75, 3.05) is 0 Å².